The van der Waals surface area contributed by atoms with E-state index < -0.39 is 0 Å². The van der Waals surface area contributed by atoms with Crippen LogP contribution in [-0.4, -0.2) is 11.4 Å². The number of hydrogen-bond acceptors (Lipinski definition) is 2. The summed E-state index contributed by atoms with van der Waals surface area (Å²) in [6.45, 7) is 17.3. The molecule has 0 spiro atoms. The van der Waals surface area contributed by atoms with Crippen molar-refractivity contribution in [3.63, 3.8) is 0 Å². The number of nitrogens with one attached hydrogen (secondary N) is 1. The molecule has 0 aliphatic carbocycles. The fraction of sp³-hybridized carbons (Fsp3) is 0.243. The van der Waals surface area contributed by atoms with Crippen molar-refractivity contribution in [3.05, 3.63) is 119 Å². The Hall–Kier alpha value is -4.24. The van der Waals surface area contributed by atoms with Crippen LogP contribution in [0.2, 0.25) is 0 Å². The third-order valence-corrected chi connectivity index (χ3v) is 7.65. The van der Waals surface area contributed by atoms with Gasteiger partial charge in [0.15, 0.2) is 0 Å². The topological polar surface area (TPSA) is 29.6 Å². The van der Waals surface area contributed by atoms with Gasteiger partial charge in [-0.2, -0.15) is 0 Å². The highest BCUT2D eigenvalue weighted by atomic mass is 16.3. The molecule has 0 atom stereocenters. The number of hydrogen-bond donors (Lipinski definition) is 1. The molecular formula is C37H40N2O. The second kappa shape index (κ2) is 10.7. The van der Waals surface area contributed by atoms with Gasteiger partial charge in [-0.05, 0) is 98.0 Å². The molecule has 3 heteroatoms. The minimum Gasteiger partial charge on any atom is -0.463 e. The number of fused-ring (bicyclic) bond motifs is 6. The van der Waals surface area contributed by atoms with Crippen LogP contribution in [0, 0.1) is 26.2 Å². The second-order valence-electron chi connectivity index (χ2n) is 11.8. The molecule has 0 saturated carbocycles. The van der Waals surface area contributed by atoms with Gasteiger partial charge in [0.05, 0.1) is 16.6 Å². The van der Waals surface area contributed by atoms with Crippen LogP contribution in [0.3, 0.4) is 0 Å². The molecule has 0 unspecified atom stereocenters. The van der Waals surface area contributed by atoms with Crippen molar-refractivity contribution in [3.8, 4) is 0 Å². The Bertz CT molecular complexity index is 1940. The number of allylic oxidation sites excluding steroid dienone is 3. The summed E-state index contributed by atoms with van der Waals surface area (Å²) in [5, 5.41) is 8.03. The monoisotopic (exact) mass is 528 g/mol. The molecule has 0 bridgehead atoms. The normalized spacial score (nSPS) is 12.6. The standard InChI is InChI=1S/C37H40N2O/c1-24-14-17-34-31(20-24)30-13-11-9-10-12-26(3)40-27(4)22-33-32-23-28(25(2)21-35(32)39(34)36(30)33)15-16-29(18-19-38-8)37(5,6)7/h9-14,16-23,38H,3,15H2,1-2,4-8H3/b11-9?,12-10?,19-18-,27-22?,29-16+,30-13?. The van der Waals surface area contributed by atoms with Crippen LogP contribution in [0.5, 0.6) is 0 Å². The lowest BCUT2D eigenvalue weighted by molar-refractivity contribution is 0.491. The second-order valence-corrected chi connectivity index (χ2v) is 11.8. The third-order valence-electron chi connectivity index (χ3n) is 7.65. The fourth-order valence-corrected chi connectivity index (χ4v) is 5.61. The van der Waals surface area contributed by atoms with Crippen LogP contribution in [0.25, 0.3) is 44.7 Å². The molecule has 3 nitrogen and oxygen atoms in total. The highest BCUT2D eigenvalue weighted by molar-refractivity contribution is 6.22. The molecule has 204 valence electrons. The Kier molecular flexibility index (Phi) is 7.33. The first-order chi connectivity index (χ1) is 19.1. The SMILES string of the molecule is C=c1cccccc2c3cc(C)ccc3n3c4cc(C)c(C/C=C(\C=C/NC)C(C)(C)C)cc4c(cc(C)o1)c23. The van der Waals surface area contributed by atoms with Crippen LogP contribution in [0.1, 0.15) is 43.2 Å². The van der Waals surface area contributed by atoms with E-state index in [4.69, 9.17) is 4.42 Å². The summed E-state index contributed by atoms with van der Waals surface area (Å²) >= 11 is 0. The highest BCUT2D eigenvalue weighted by Gasteiger charge is 2.18. The third kappa shape index (κ3) is 5.16. The Labute approximate surface area is 237 Å². The zero-order valence-electron chi connectivity index (χ0n) is 24.9. The minimum atomic E-state index is 0.0575. The van der Waals surface area contributed by atoms with Gasteiger partial charge in [0, 0.05) is 28.6 Å². The Balaban J connectivity index is 1.91. The van der Waals surface area contributed by atoms with Crippen LogP contribution < -0.4 is 10.7 Å². The van der Waals surface area contributed by atoms with Crippen molar-refractivity contribution in [2.24, 2.45) is 5.41 Å². The largest absolute Gasteiger partial charge is 0.463 e. The first kappa shape index (κ1) is 27.3. The van der Waals surface area contributed by atoms with Gasteiger partial charge in [0.1, 0.15) is 11.2 Å². The van der Waals surface area contributed by atoms with Crippen LogP contribution >= 0.6 is 0 Å². The quantitative estimate of drug-likeness (QED) is 0.236. The van der Waals surface area contributed by atoms with Gasteiger partial charge in [0.2, 0.25) is 0 Å². The summed E-state index contributed by atoms with van der Waals surface area (Å²) in [6, 6.07) is 23.9. The zero-order valence-corrected chi connectivity index (χ0v) is 24.9. The average Bonchev–Trinajstić information content (AvgIpc) is 3.34. The van der Waals surface area contributed by atoms with E-state index in [2.05, 4.69) is 112 Å². The summed E-state index contributed by atoms with van der Waals surface area (Å²) in [4.78, 5) is 0. The molecule has 3 aromatic heterocycles. The fourth-order valence-electron chi connectivity index (χ4n) is 5.61. The lowest BCUT2D eigenvalue weighted by Gasteiger charge is -2.20. The van der Waals surface area contributed by atoms with E-state index in [1.54, 1.807) is 0 Å². The molecule has 0 amide bonds. The van der Waals surface area contributed by atoms with E-state index in [0.29, 0.717) is 5.42 Å². The molecular weight excluding hydrogens is 488 g/mol. The van der Waals surface area contributed by atoms with Crippen molar-refractivity contribution >= 4 is 44.7 Å². The number of nitrogens with zero attached hydrogens (tertiary/aromatic N) is 1. The summed E-state index contributed by atoms with van der Waals surface area (Å²) in [7, 11) is 1.94. The highest BCUT2D eigenvalue weighted by Crippen LogP contribution is 2.39. The van der Waals surface area contributed by atoms with Gasteiger partial charge in [-0.3, -0.25) is 0 Å². The van der Waals surface area contributed by atoms with E-state index in [0.717, 1.165) is 12.2 Å². The summed E-state index contributed by atoms with van der Waals surface area (Å²) in [5.74, 6) is 0.815. The number of benzene rings is 2. The summed E-state index contributed by atoms with van der Waals surface area (Å²) < 4.78 is 8.52. The van der Waals surface area contributed by atoms with E-state index in [1.807, 2.05) is 38.4 Å². The molecule has 3 heterocycles. The predicted octanol–water partition coefficient (Wildman–Crippen LogP) is 8.98. The smallest absolute Gasteiger partial charge is 0.119 e. The van der Waals surface area contributed by atoms with Crippen molar-refractivity contribution in [1.82, 2.24) is 9.72 Å². The van der Waals surface area contributed by atoms with Crippen molar-refractivity contribution in [2.45, 2.75) is 48.0 Å². The van der Waals surface area contributed by atoms with E-state index >= 15 is 0 Å². The number of aromatic nitrogens is 1. The maximum absolute atomic E-state index is 6.09. The molecule has 5 aromatic rings. The van der Waals surface area contributed by atoms with Crippen LogP contribution in [0.15, 0.2) is 95.1 Å². The Morgan fingerprint density at radius 3 is 2.38 bits per heavy atom. The number of rotatable bonds is 4. The van der Waals surface area contributed by atoms with Crippen molar-refractivity contribution < 1.29 is 4.42 Å². The van der Waals surface area contributed by atoms with E-state index in [-0.39, 0.29) is 5.41 Å². The maximum atomic E-state index is 6.09. The lowest BCUT2D eigenvalue weighted by Crippen LogP contribution is -2.09. The molecule has 0 radical (unpaired) electrons. The van der Waals surface area contributed by atoms with Crippen molar-refractivity contribution in [2.75, 3.05) is 7.05 Å². The number of aryl methyl sites for hydroxylation is 3. The summed E-state index contributed by atoms with van der Waals surface area (Å²) in [6.07, 6.45) is 7.43. The molecule has 40 heavy (non-hydrogen) atoms. The molecule has 2 aromatic carbocycles. The predicted molar refractivity (Wildman–Crippen MR) is 173 cm³/mol. The maximum Gasteiger partial charge on any atom is 0.119 e. The van der Waals surface area contributed by atoms with Crippen molar-refractivity contribution in [1.29, 1.82) is 0 Å². The Morgan fingerprint density at radius 2 is 1.62 bits per heavy atom. The molecule has 0 saturated heterocycles. The van der Waals surface area contributed by atoms with Gasteiger partial charge in [-0.15, -0.1) is 0 Å². The molecule has 0 fully saturated rings. The van der Waals surface area contributed by atoms with E-state index in [1.165, 1.54) is 60.4 Å². The van der Waals surface area contributed by atoms with Crippen LogP contribution in [-0.2, 0) is 6.42 Å². The summed E-state index contributed by atoms with van der Waals surface area (Å²) in [5.41, 5.74) is 9.50. The zero-order chi connectivity index (χ0) is 28.6. The van der Waals surface area contributed by atoms with Gasteiger partial charge >= 0.3 is 0 Å². The van der Waals surface area contributed by atoms with Gasteiger partial charge in [0.25, 0.3) is 0 Å². The molecule has 5 rings (SSSR count). The van der Waals surface area contributed by atoms with Gasteiger partial charge in [-0.25, -0.2) is 0 Å². The first-order valence-corrected chi connectivity index (χ1v) is 14.0. The van der Waals surface area contributed by atoms with Gasteiger partial charge in [-0.1, -0.05) is 69.3 Å². The van der Waals surface area contributed by atoms with Crippen LogP contribution in [0.4, 0.5) is 0 Å². The first-order valence-electron chi connectivity index (χ1n) is 14.0. The molecule has 0 aliphatic rings. The van der Waals surface area contributed by atoms with Gasteiger partial charge < -0.3 is 14.1 Å². The van der Waals surface area contributed by atoms with E-state index in [9.17, 15) is 0 Å². The Morgan fingerprint density at radius 1 is 0.875 bits per heavy atom. The molecule has 1 N–H and O–H groups in total. The average molecular weight is 529 g/mol. The lowest BCUT2D eigenvalue weighted by atomic mass is 9.85. The minimum absolute atomic E-state index is 0.0575. The molecule has 0 aliphatic heterocycles.